The maximum absolute atomic E-state index is 12.5. The van der Waals surface area contributed by atoms with Crippen LogP contribution in [0, 0.1) is 0 Å². The van der Waals surface area contributed by atoms with Gasteiger partial charge in [0.2, 0.25) is 5.91 Å². The molecule has 0 atom stereocenters. The summed E-state index contributed by atoms with van der Waals surface area (Å²) in [5, 5.41) is 2.98. The summed E-state index contributed by atoms with van der Waals surface area (Å²) in [5.41, 5.74) is 2.66. The van der Waals surface area contributed by atoms with Crippen LogP contribution in [-0.4, -0.2) is 45.4 Å². The number of amides is 1. The van der Waals surface area contributed by atoms with Crippen molar-refractivity contribution in [1.82, 2.24) is 0 Å². The molecule has 2 aromatic carbocycles. The average Bonchev–Trinajstić information content (AvgIpc) is 2.73. The number of carbonyl (C=O) groups excluding carboxylic acids is 1. The molecule has 6 nitrogen and oxygen atoms in total. The van der Waals surface area contributed by atoms with Gasteiger partial charge in [-0.2, -0.15) is 0 Å². The zero-order chi connectivity index (χ0) is 20.6. The lowest BCUT2D eigenvalue weighted by Crippen LogP contribution is -2.36. The third-order valence-electron chi connectivity index (χ3n) is 4.49. The number of nitrogens with zero attached hydrogens (tertiary/aromatic N) is 1. The van der Waals surface area contributed by atoms with E-state index in [1.54, 1.807) is 13.2 Å². The van der Waals surface area contributed by atoms with Gasteiger partial charge in [-0.3, -0.25) is 4.79 Å². The third-order valence-corrected chi connectivity index (χ3v) is 4.49. The van der Waals surface area contributed by atoms with E-state index in [1.165, 1.54) is 6.08 Å². The summed E-state index contributed by atoms with van der Waals surface area (Å²) in [6.45, 7) is 6.94. The van der Waals surface area contributed by atoms with Crippen LogP contribution in [0.4, 0.5) is 11.4 Å². The van der Waals surface area contributed by atoms with Crippen LogP contribution >= 0.6 is 0 Å². The monoisotopic (exact) mass is 396 g/mol. The molecule has 154 valence electrons. The van der Waals surface area contributed by atoms with Crippen molar-refractivity contribution in [2.75, 3.05) is 43.6 Å². The van der Waals surface area contributed by atoms with E-state index in [1.807, 2.05) is 56.3 Å². The molecule has 0 spiro atoms. The highest BCUT2D eigenvalue weighted by Gasteiger charge is 2.15. The number of ether oxygens (including phenoxy) is 3. The zero-order valence-electron chi connectivity index (χ0n) is 17.2. The fourth-order valence-corrected chi connectivity index (χ4v) is 3.14. The van der Waals surface area contributed by atoms with Crippen LogP contribution < -0.4 is 19.7 Å². The molecule has 1 heterocycles. The molecule has 6 heteroatoms. The molecule has 1 fully saturated rings. The first-order chi connectivity index (χ1) is 14.1. The van der Waals surface area contributed by atoms with Crippen molar-refractivity contribution in [2.45, 2.75) is 20.0 Å². The Bertz CT molecular complexity index is 858. The largest absolute Gasteiger partial charge is 0.493 e. The molecule has 1 amide bonds. The normalized spacial score (nSPS) is 14.3. The second-order valence-electron chi connectivity index (χ2n) is 7.02. The summed E-state index contributed by atoms with van der Waals surface area (Å²) in [6, 6.07) is 13.4. The molecular weight excluding hydrogens is 368 g/mol. The minimum absolute atomic E-state index is 0.0580. The third kappa shape index (κ3) is 5.74. The highest BCUT2D eigenvalue weighted by Crippen LogP contribution is 2.30. The first-order valence-corrected chi connectivity index (χ1v) is 9.82. The quantitative estimate of drug-likeness (QED) is 0.718. The Morgan fingerprint density at radius 3 is 2.62 bits per heavy atom. The average molecular weight is 396 g/mol. The Hall–Kier alpha value is -2.99. The second-order valence-corrected chi connectivity index (χ2v) is 7.02. The maximum Gasteiger partial charge on any atom is 0.248 e. The van der Waals surface area contributed by atoms with E-state index < -0.39 is 0 Å². The summed E-state index contributed by atoms with van der Waals surface area (Å²) < 4.78 is 16.5. The number of rotatable bonds is 7. The number of nitrogens with one attached hydrogen (secondary N) is 1. The molecule has 2 aromatic rings. The van der Waals surface area contributed by atoms with E-state index >= 15 is 0 Å². The molecule has 1 saturated heterocycles. The van der Waals surface area contributed by atoms with Crippen LogP contribution in [0.2, 0.25) is 0 Å². The zero-order valence-corrected chi connectivity index (χ0v) is 17.2. The van der Waals surface area contributed by atoms with E-state index in [0.717, 1.165) is 30.0 Å². The lowest BCUT2D eigenvalue weighted by Gasteiger charge is -2.30. The van der Waals surface area contributed by atoms with Crippen molar-refractivity contribution < 1.29 is 19.0 Å². The molecular formula is C23H28N2O4. The van der Waals surface area contributed by atoms with Gasteiger partial charge in [0.1, 0.15) is 0 Å². The molecule has 0 radical (unpaired) electrons. The number of benzene rings is 2. The van der Waals surface area contributed by atoms with Crippen LogP contribution in [-0.2, 0) is 9.53 Å². The molecule has 0 saturated carbocycles. The maximum atomic E-state index is 12.5. The standard InChI is InChI=1S/C23H28N2O4/c1-17(2)29-21-10-8-18(16-22(21)27-3)9-11-23(26)24-19-6-4-5-7-20(19)25-12-14-28-15-13-25/h4-11,16-17H,12-15H2,1-3H3,(H,24,26)/b11-9+. The van der Waals surface area contributed by atoms with Crippen molar-refractivity contribution in [3.8, 4) is 11.5 Å². The minimum atomic E-state index is -0.188. The van der Waals surface area contributed by atoms with E-state index in [9.17, 15) is 4.79 Å². The summed E-state index contributed by atoms with van der Waals surface area (Å²) >= 11 is 0. The molecule has 0 bridgehead atoms. The van der Waals surface area contributed by atoms with Gasteiger partial charge in [-0.05, 0) is 49.8 Å². The number of anilines is 2. The Morgan fingerprint density at radius 2 is 1.90 bits per heavy atom. The van der Waals surface area contributed by atoms with Crippen LogP contribution in [0.1, 0.15) is 19.4 Å². The van der Waals surface area contributed by atoms with Crippen LogP contribution in [0.5, 0.6) is 11.5 Å². The van der Waals surface area contributed by atoms with Crippen LogP contribution in [0.3, 0.4) is 0 Å². The summed E-state index contributed by atoms with van der Waals surface area (Å²) in [7, 11) is 1.60. The Balaban J connectivity index is 1.69. The number of hydrogen-bond acceptors (Lipinski definition) is 5. The van der Waals surface area contributed by atoms with E-state index in [4.69, 9.17) is 14.2 Å². The highest BCUT2D eigenvalue weighted by molar-refractivity contribution is 6.03. The fourth-order valence-electron chi connectivity index (χ4n) is 3.14. The summed E-state index contributed by atoms with van der Waals surface area (Å²) in [6.07, 6.45) is 3.34. The predicted octanol–water partition coefficient (Wildman–Crippen LogP) is 3.97. The Labute approximate surface area is 172 Å². The van der Waals surface area contributed by atoms with Gasteiger partial charge in [0.15, 0.2) is 11.5 Å². The summed E-state index contributed by atoms with van der Waals surface area (Å²) in [4.78, 5) is 14.7. The van der Waals surface area contributed by atoms with Crippen molar-refractivity contribution in [3.05, 3.63) is 54.1 Å². The van der Waals surface area contributed by atoms with Crippen LogP contribution in [0.25, 0.3) is 6.08 Å². The molecule has 0 aliphatic carbocycles. The van der Waals surface area contributed by atoms with Gasteiger partial charge < -0.3 is 24.4 Å². The van der Waals surface area contributed by atoms with Gasteiger partial charge in [0.05, 0.1) is 37.8 Å². The number of morpholine rings is 1. The minimum Gasteiger partial charge on any atom is -0.493 e. The smallest absolute Gasteiger partial charge is 0.248 e. The van der Waals surface area contributed by atoms with Gasteiger partial charge in [-0.25, -0.2) is 0 Å². The lowest BCUT2D eigenvalue weighted by atomic mass is 10.1. The molecule has 3 rings (SSSR count). The first-order valence-electron chi connectivity index (χ1n) is 9.82. The van der Waals surface area contributed by atoms with Crippen LogP contribution in [0.15, 0.2) is 48.5 Å². The number of para-hydroxylation sites is 2. The van der Waals surface area contributed by atoms with Crippen molar-refractivity contribution in [2.24, 2.45) is 0 Å². The number of hydrogen-bond donors (Lipinski definition) is 1. The predicted molar refractivity (Wildman–Crippen MR) is 116 cm³/mol. The molecule has 0 aromatic heterocycles. The van der Waals surface area contributed by atoms with E-state index in [0.29, 0.717) is 24.7 Å². The van der Waals surface area contributed by atoms with Crippen molar-refractivity contribution >= 4 is 23.4 Å². The second kappa shape index (κ2) is 9.98. The highest BCUT2D eigenvalue weighted by atomic mass is 16.5. The number of carbonyl (C=O) groups is 1. The topological polar surface area (TPSA) is 60.0 Å². The van der Waals surface area contributed by atoms with E-state index in [2.05, 4.69) is 10.2 Å². The number of methoxy groups -OCH3 is 1. The van der Waals surface area contributed by atoms with Gasteiger partial charge in [-0.15, -0.1) is 0 Å². The molecule has 1 aliphatic rings. The summed E-state index contributed by atoms with van der Waals surface area (Å²) in [5.74, 6) is 1.13. The van der Waals surface area contributed by atoms with Gasteiger partial charge >= 0.3 is 0 Å². The SMILES string of the molecule is COc1cc(/C=C/C(=O)Nc2ccccc2N2CCOCC2)ccc1OC(C)C. The molecule has 1 N–H and O–H groups in total. The molecule has 0 unspecified atom stereocenters. The van der Waals surface area contributed by atoms with Crippen molar-refractivity contribution in [1.29, 1.82) is 0 Å². The Kier molecular flexibility index (Phi) is 7.14. The van der Waals surface area contributed by atoms with Gasteiger partial charge in [-0.1, -0.05) is 18.2 Å². The van der Waals surface area contributed by atoms with Crippen molar-refractivity contribution in [3.63, 3.8) is 0 Å². The molecule has 29 heavy (non-hydrogen) atoms. The lowest BCUT2D eigenvalue weighted by molar-refractivity contribution is -0.111. The molecule has 1 aliphatic heterocycles. The fraction of sp³-hybridized carbons (Fsp3) is 0.348. The Morgan fingerprint density at radius 1 is 1.14 bits per heavy atom. The van der Waals surface area contributed by atoms with E-state index in [-0.39, 0.29) is 12.0 Å². The van der Waals surface area contributed by atoms with Gasteiger partial charge in [0, 0.05) is 19.2 Å². The van der Waals surface area contributed by atoms with Gasteiger partial charge in [0.25, 0.3) is 0 Å². The first kappa shape index (κ1) is 20.7.